The monoisotopic (exact) mass is 445 g/mol. The smallest absolute Gasteiger partial charge is 0.116 e. The predicted molar refractivity (Wildman–Crippen MR) is 144 cm³/mol. The van der Waals surface area contributed by atoms with Crippen LogP contribution in [0.5, 0.6) is 0 Å². The minimum Gasteiger partial charge on any atom is -0.306 e. The Hall–Kier alpha value is -4.76. The molecule has 7 aromatic rings. The number of fused-ring (bicyclic) bond motifs is 6. The number of nitrogens with zero attached hydrogens (tertiary/aromatic N) is 3. The van der Waals surface area contributed by atoms with E-state index in [0.717, 1.165) is 27.6 Å². The van der Waals surface area contributed by atoms with Crippen LogP contribution in [0.4, 0.5) is 0 Å². The van der Waals surface area contributed by atoms with Gasteiger partial charge in [-0.15, -0.1) is 0 Å². The molecule has 8 rings (SSSR count). The van der Waals surface area contributed by atoms with E-state index in [1.807, 2.05) is 6.20 Å². The summed E-state index contributed by atoms with van der Waals surface area (Å²) in [4.78, 5) is 8.92. The minimum atomic E-state index is 0.976. The highest BCUT2D eigenvalue weighted by Gasteiger charge is 2.22. The minimum absolute atomic E-state index is 0.976. The number of hydrogen-bond donors (Lipinski definition) is 0. The van der Waals surface area contributed by atoms with Gasteiger partial charge in [0.1, 0.15) is 6.33 Å². The number of aromatic nitrogens is 3. The van der Waals surface area contributed by atoms with E-state index < -0.39 is 0 Å². The van der Waals surface area contributed by atoms with Gasteiger partial charge < -0.3 is 4.57 Å². The lowest BCUT2D eigenvalue weighted by molar-refractivity contribution is 1.14. The quantitative estimate of drug-likeness (QED) is 0.269. The molecule has 0 amide bonds. The van der Waals surface area contributed by atoms with E-state index in [-0.39, 0.29) is 0 Å². The fourth-order valence-electron chi connectivity index (χ4n) is 5.84. The lowest BCUT2D eigenvalue weighted by Crippen LogP contribution is -1.95. The summed E-state index contributed by atoms with van der Waals surface area (Å²) < 4.78 is 2.27. The maximum atomic E-state index is 4.59. The van der Waals surface area contributed by atoms with Crippen molar-refractivity contribution in [1.82, 2.24) is 14.5 Å². The van der Waals surface area contributed by atoms with Crippen LogP contribution in [0.15, 0.2) is 116 Å². The van der Waals surface area contributed by atoms with Gasteiger partial charge >= 0.3 is 0 Å². The summed E-state index contributed by atoms with van der Waals surface area (Å²) in [7, 11) is 0. The maximum absolute atomic E-state index is 4.59. The van der Waals surface area contributed by atoms with Gasteiger partial charge in [0.2, 0.25) is 0 Å². The molecule has 0 aliphatic heterocycles. The lowest BCUT2D eigenvalue weighted by atomic mass is 9.94. The van der Waals surface area contributed by atoms with Crippen molar-refractivity contribution in [1.29, 1.82) is 0 Å². The molecule has 35 heavy (non-hydrogen) atoms. The molecule has 0 saturated heterocycles. The van der Waals surface area contributed by atoms with Gasteiger partial charge in [-0.05, 0) is 62.4 Å². The molecule has 1 aliphatic carbocycles. The fourth-order valence-corrected chi connectivity index (χ4v) is 5.84. The first-order chi connectivity index (χ1) is 17.4. The Labute approximate surface area is 202 Å². The van der Waals surface area contributed by atoms with Gasteiger partial charge in [-0.25, -0.2) is 9.97 Å². The van der Waals surface area contributed by atoms with Crippen LogP contribution in [-0.4, -0.2) is 14.5 Å². The Balaban J connectivity index is 1.38. The highest BCUT2D eigenvalue weighted by Crippen LogP contribution is 2.49. The number of para-hydroxylation sites is 1. The van der Waals surface area contributed by atoms with Crippen molar-refractivity contribution in [3.63, 3.8) is 0 Å². The van der Waals surface area contributed by atoms with Crippen LogP contribution < -0.4 is 0 Å². The van der Waals surface area contributed by atoms with E-state index in [1.54, 1.807) is 6.33 Å². The topological polar surface area (TPSA) is 30.7 Å². The van der Waals surface area contributed by atoms with Crippen LogP contribution in [0.3, 0.4) is 0 Å². The zero-order valence-corrected chi connectivity index (χ0v) is 18.8. The van der Waals surface area contributed by atoms with E-state index in [9.17, 15) is 0 Å². The van der Waals surface area contributed by atoms with Gasteiger partial charge in [-0.1, -0.05) is 84.9 Å². The molecule has 0 atom stereocenters. The summed E-state index contributed by atoms with van der Waals surface area (Å²) in [5, 5.41) is 3.78. The van der Waals surface area contributed by atoms with Gasteiger partial charge in [0.05, 0.1) is 22.7 Å². The Morgan fingerprint density at radius 2 is 1.26 bits per heavy atom. The van der Waals surface area contributed by atoms with Crippen molar-refractivity contribution < 1.29 is 0 Å². The summed E-state index contributed by atoms with van der Waals surface area (Å²) in [5.41, 5.74) is 12.0. The lowest BCUT2D eigenvalue weighted by Gasteiger charge is -2.13. The molecule has 3 heteroatoms. The average Bonchev–Trinajstić information content (AvgIpc) is 3.44. The van der Waals surface area contributed by atoms with Crippen LogP contribution in [0.25, 0.3) is 71.8 Å². The number of rotatable bonds is 2. The van der Waals surface area contributed by atoms with Crippen molar-refractivity contribution >= 4 is 32.7 Å². The first-order valence-electron chi connectivity index (χ1n) is 11.8. The SMILES string of the molecule is c1cc(-c2ccc3c4c(cccc24)-c2ccccc2-3)cc(-n2c3ccccc3c3ncncc32)c1. The molecule has 0 unspecified atom stereocenters. The van der Waals surface area contributed by atoms with Crippen LogP contribution >= 0.6 is 0 Å². The van der Waals surface area contributed by atoms with E-state index in [0.29, 0.717) is 0 Å². The van der Waals surface area contributed by atoms with Gasteiger partial charge in [-0.3, -0.25) is 0 Å². The van der Waals surface area contributed by atoms with Crippen molar-refractivity contribution in [2.45, 2.75) is 0 Å². The molecule has 0 bridgehead atoms. The molecular weight excluding hydrogens is 426 g/mol. The molecule has 0 N–H and O–H groups in total. The van der Waals surface area contributed by atoms with Crippen LogP contribution in [0.1, 0.15) is 0 Å². The molecule has 0 radical (unpaired) electrons. The molecule has 0 fully saturated rings. The summed E-state index contributed by atoms with van der Waals surface area (Å²) in [6.45, 7) is 0. The molecule has 2 heterocycles. The van der Waals surface area contributed by atoms with Crippen LogP contribution in [0, 0.1) is 0 Å². The third kappa shape index (κ3) is 2.50. The molecular formula is C32H19N3. The summed E-state index contributed by atoms with van der Waals surface area (Å²) in [5.74, 6) is 0. The summed E-state index contributed by atoms with van der Waals surface area (Å²) >= 11 is 0. The number of hydrogen-bond acceptors (Lipinski definition) is 2. The Morgan fingerprint density at radius 3 is 2.17 bits per heavy atom. The average molecular weight is 446 g/mol. The molecule has 5 aromatic carbocycles. The summed E-state index contributed by atoms with van der Waals surface area (Å²) in [6.07, 6.45) is 3.53. The van der Waals surface area contributed by atoms with Crippen molar-refractivity contribution in [3.05, 3.63) is 116 Å². The number of benzene rings is 5. The zero-order chi connectivity index (χ0) is 22.9. The Kier molecular flexibility index (Phi) is 3.66. The Morgan fingerprint density at radius 1 is 0.543 bits per heavy atom. The van der Waals surface area contributed by atoms with E-state index in [1.165, 1.54) is 44.2 Å². The summed E-state index contributed by atoms with van der Waals surface area (Å²) in [6, 6.07) is 37.2. The van der Waals surface area contributed by atoms with Gasteiger partial charge in [0.25, 0.3) is 0 Å². The largest absolute Gasteiger partial charge is 0.306 e. The van der Waals surface area contributed by atoms with Gasteiger partial charge in [0.15, 0.2) is 0 Å². The molecule has 0 saturated carbocycles. The second kappa shape index (κ2) is 6.87. The maximum Gasteiger partial charge on any atom is 0.116 e. The second-order valence-corrected chi connectivity index (χ2v) is 9.09. The van der Waals surface area contributed by atoms with Crippen molar-refractivity contribution in [3.8, 4) is 39.1 Å². The zero-order valence-electron chi connectivity index (χ0n) is 18.8. The normalized spacial score (nSPS) is 12.0. The molecule has 1 aliphatic rings. The van der Waals surface area contributed by atoms with Gasteiger partial charge in [-0.2, -0.15) is 0 Å². The van der Waals surface area contributed by atoms with Crippen molar-refractivity contribution in [2.24, 2.45) is 0 Å². The van der Waals surface area contributed by atoms with E-state index >= 15 is 0 Å². The van der Waals surface area contributed by atoms with Gasteiger partial charge in [0, 0.05) is 11.1 Å². The molecule has 162 valence electrons. The third-order valence-electron chi connectivity index (χ3n) is 7.30. The van der Waals surface area contributed by atoms with E-state index in [4.69, 9.17) is 0 Å². The fraction of sp³-hybridized carbons (Fsp3) is 0. The standard InChI is InChI=1S/C32H19N3/c1-2-10-24-23(9-1)26-13-6-12-25-22(15-16-27(24)31(25)26)20-7-5-8-21(17-20)35-29-14-4-3-11-28(29)32-30(35)18-33-19-34-32/h1-19H. The molecule has 0 spiro atoms. The molecule has 2 aromatic heterocycles. The molecule has 3 nitrogen and oxygen atoms in total. The first kappa shape index (κ1) is 18.6. The predicted octanol–water partition coefficient (Wildman–Crippen LogP) is 8.04. The highest BCUT2D eigenvalue weighted by atomic mass is 15.0. The van der Waals surface area contributed by atoms with E-state index in [2.05, 4.69) is 118 Å². The van der Waals surface area contributed by atoms with Crippen LogP contribution in [-0.2, 0) is 0 Å². The Bertz CT molecular complexity index is 1880. The second-order valence-electron chi connectivity index (χ2n) is 9.09. The first-order valence-corrected chi connectivity index (χ1v) is 11.8. The van der Waals surface area contributed by atoms with Crippen molar-refractivity contribution in [2.75, 3.05) is 0 Å². The van der Waals surface area contributed by atoms with Crippen LogP contribution in [0.2, 0.25) is 0 Å². The third-order valence-corrected chi connectivity index (χ3v) is 7.30. The highest BCUT2D eigenvalue weighted by molar-refractivity contribution is 6.18.